The molecule has 44 heavy (non-hydrogen) atoms. The number of rotatable bonds is 9. The maximum absolute atomic E-state index is 14.4. The van der Waals surface area contributed by atoms with Gasteiger partial charge in [0.15, 0.2) is 0 Å². The molecule has 0 aliphatic heterocycles. The summed E-state index contributed by atoms with van der Waals surface area (Å²) in [4.78, 5) is 27.8. The molecule has 5 heteroatoms. The number of benzene rings is 5. The molecule has 0 bridgehead atoms. The monoisotopic (exact) mass is 579 g/mol. The van der Waals surface area contributed by atoms with Gasteiger partial charge in [-0.1, -0.05) is 110 Å². The lowest BCUT2D eigenvalue weighted by molar-refractivity contribution is 0.0693. The minimum absolute atomic E-state index is 0.301. The highest BCUT2D eigenvalue weighted by Crippen LogP contribution is 2.33. The van der Waals surface area contributed by atoms with E-state index < -0.39 is 12.0 Å². The number of carbonyl (C=O) groups is 2. The van der Waals surface area contributed by atoms with E-state index in [1.54, 1.807) is 12.1 Å². The summed E-state index contributed by atoms with van der Waals surface area (Å²) in [5.74, 6) is 4.53. The SMILES string of the molecule is CCCCc1ccc(C#CC(c2ccccc2)N(C(=O)c2ccc(-c3ccccc3)cc2)c2ccc(O)c(C(=O)O)c2)cc1. The molecule has 2 N–H and O–H groups in total. The number of hydrogen-bond acceptors (Lipinski definition) is 3. The van der Waals surface area contributed by atoms with Crippen molar-refractivity contribution >= 4 is 17.6 Å². The molecule has 5 aromatic carbocycles. The number of aryl methyl sites for hydroxylation is 1. The number of phenols is 1. The molecule has 1 amide bonds. The van der Waals surface area contributed by atoms with Crippen LogP contribution in [0.3, 0.4) is 0 Å². The number of hydrogen-bond donors (Lipinski definition) is 2. The van der Waals surface area contributed by atoms with Crippen molar-refractivity contribution in [1.82, 2.24) is 0 Å². The van der Waals surface area contributed by atoms with Crippen LogP contribution in [0, 0.1) is 11.8 Å². The van der Waals surface area contributed by atoms with Gasteiger partial charge in [-0.2, -0.15) is 0 Å². The van der Waals surface area contributed by atoms with E-state index in [-0.39, 0.29) is 17.2 Å². The first kappa shape index (κ1) is 29.9. The van der Waals surface area contributed by atoms with Gasteiger partial charge in [0.1, 0.15) is 17.4 Å². The number of anilines is 1. The summed E-state index contributed by atoms with van der Waals surface area (Å²) < 4.78 is 0. The molecular formula is C39H33NO4. The van der Waals surface area contributed by atoms with Gasteiger partial charge in [0.25, 0.3) is 5.91 Å². The molecule has 1 atom stereocenters. The Morgan fingerprint density at radius 3 is 2.05 bits per heavy atom. The molecule has 1 unspecified atom stereocenters. The molecule has 0 heterocycles. The van der Waals surface area contributed by atoms with Gasteiger partial charge in [-0.25, -0.2) is 4.79 Å². The summed E-state index contributed by atoms with van der Waals surface area (Å²) in [7, 11) is 0. The lowest BCUT2D eigenvalue weighted by Gasteiger charge is -2.29. The molecule has 0 aliphatic carbocycles. The molecule has 0 aromatic heterocycles. The van der Waals surface area contributed by atoms with E-state index in [4.69, 9.17) is 0 Å². The summed E-state index contributed by atoms with van der Waals surface area (Å²) in [6.07, 6.45) is 3.25. The molecule has 5 rings (SSSR count). The minimum Gasteiger partial charge on any atom is -0.507 e. The fourth-order valence-corrected chi connectivity index (χ4v) is 5.02. The molecular weight excluding hydrogens is 546 g/mol. The zero-order chi connectivity index (χ0) is 30.9. The van der Waals surface area contributed by atoms with Gasteiger partial charge in [-0.15, -0.1) is 0 Å². The van der Waals surface area contributed by atoms with E-state index in [1.807, 2.05) is 84.9 Å². The van der Waals surface area contributed by atoms with Crippen molar-refractivity contribution in [3.05, 3.63) is 155 Å². The van der Waals surface area contributed by atoms with E-state index in [0.29, 0.717) is 11.3 Å². The third kappa shape index (κ3) is 7.06. The Labute approximate surface area is 258 Å². The van der Waals surface area contributed by atoms with Crippen molar-refractivity contribution in [2.75, 3.05) is 4.90 Å². The van der Waals surface area contributed by atoms with Crippen LogP contribution in [0.2, 0.25) is 0 Å². The first-order valence-electron chi connectivity index (χ1n) is 14.7. The zero-order valence-corrected chi connectivity index (χ0v) is 24.5. The molecule has 5 aromatic rings. The van der Waals surface area contributed by atoms with E-state index in [0.717, 1.165) is 41.5 Å². The van der Waals surface area contributed by atoms with Crippen LogP contribution in [0.5, 0.6) is 5.75 Å². The summed E-state index contributed by atoms with van der Waals surface area (Å²) in [5.41, 5.74) is 5.23. The number of aromatic carboxylic acids is 1. The van der Waals surface area contributed by atoms with Crippen molar-refractivity contribution in [1.29, 1.82) is 0 Å². The number of aromatic hydroxyl groups is 1. The van der Waals surface area contributed by atoms with Crippen LogP contribution in [0.25, 0.3) is 11.1 Å². The number of nitrogens with zero attached hydrogens (tertiary/aromatic N) is 1. The molecule has 218 valence electrons. The molecule has 0 saturated carbocycles. The third-order valence-electron chi connectivity index (χ3n) is 7.45. The summed E-state index contributed by atoms with van der Waals surface area (Å²) in [5, 5.41) is 20.0. The Morgan fingerprint density at radius 1 is 0.773 bits per heavy atom. The second kappa shape index (κ2) is 14.0. The van der Waals surface area contributed by atoms with Gasteiger partial charge in [-0.3, -0.25) is 9.69 Å². The Morgan fingerprint density at radius 2 is 1.41 bits per heavy atom. The predicted octanol–water partition coefficient (Wildman–Crippen LogP) is 8.54. The van der Waals surface area contributed by atoms with Gasteiger partial charge < -0.3 is 10.2 Å². The quantitative estimate of drug-likeness (QED) is 0.172. The van der Waals surface area contributed by atoms with Crippen molar-refractivity contribution in [3.63, 3.8) is 0 Å². The predicted molar refractivity (Wildman–Crippen MR) is 175 cm³/mol. The molecule has 0 spiro atoms. The smallest absolute Gasteiger partial charge is 0.339 e. The van der Waals surface area contributed by atoms with Gasteiger partial charge >= 0.3 is 5.97 Å². The number of unbranched alkanes of at least 4 members (excludes halogenated alkanes) is 1. The maximum Gasteiger partial charge on any atom is 0.339 e. The topological polar surface area (TPSA) is 77.8 Å². The van der Waals surface area contributed by atoms with Crippen LogP contribution >= 0.6 is 0 Å². The first-order chi connectivity index (χ1) is 21.4. The molecule has 5 nitrogen and oxygen atoms in total. The van der Waals surface area contributed by atoms with Crippen LogP contribution in [0.15, 0.2) is 127 Å². The van der Waals surface area contributed by atoms with E-state index in [2.05, 4.69) is 30.9 Å². The molecule has 0 aliphatic rings. The second-order valence-electron chi connectivity index (χ2n) is 10.5. The molecule has 0 fully saturated rings. The van der Waals surface area contributed by atoms with Crippen molar-refractivity contribution in [2.24, 2.45) is 0 Å². The lowest BCUT2D eigenvalue weighted by Crippen LogP contribution is -2.34. The Hall–Kier alpha value is -5.60. The van der Waals surface area contributed by atoms with E-state index >= 15 is 0 Å². The summed E-state index contributed by atoms with van der Waals surface area (Å²) in [6.45, 7) is 2.17. The normalized spacial score (nSPS) is 11.2. The molecule has 0 radical (unpaired) electrons. The third-order valence-corrected chi connectivity index (χ3v) is 7.45. The van der Waals surface area contributed by atoms with Gasteiger partial charge in [0.05, 0.1) is 0 Å². The number of carboxylic acid groups (broad SMARTS) is 1. The van der Waals surface area contributed by atoms with Crippen LogP contribution in [-0.4, -0.2) is 22.1 Å². The maximum atomic E-state index is 14.4. The average Bonchev–Trinajstić information content (AvgIpc) is 3.07. The van der Waals surface area contributed by atoms with Gasteiger partial charge in [0, 0.05) is 16.8 Å². The summed E-state index contributed by atoms with van der Waals surface area (Å²) >= 11 is 0. The largest absolute Gasteiger partial charge is 0.507 e. The number of carboxylic acids is 1. The highest BCUT2D eigenvalue weighted by molar-refractivity contribution is 6.08. The van der Waals surface area contributed by atoms with Crippen LogP contribution in [0.1, 0.15) is 63.2 Å². The number of carbonyl (C=O) groups excluding carboxylic acids is 1. The van der Waals surface area contributed by atoms with Crippen LogP contribution in [-0.2, 0) is 6.42 Å². The fourth-order valence-electron chi connectivity index (χ4n) is 5.02. The standard InChI is InChI=1S/C39H33NO4/c1-2-3-10-28-15-17-29(18-16-28)19-25-36(32-13-8-5-9-14-32)40(34-24-26-37(41)35(27-34)39(43)44)38(42)33-22-20-31(21-23-33)30-11-6-4-7-12-30/h4-9,11-18,20-24,26-27,36,41H,2-3,10H2,1H3,(H,43,44). The van der Waals surface area contributed by atoms with Crippen molar-refractivity contribution in [3.8, 4) is 28.7 Å². The summed E-state index contributed by atoms with van der Waals surface area (Å²) in [6, 6.07) is 38.1. The average molecular weight is 580 g/mol. The Bertz CT molecular complexity index is 1790. The second-order valence-corrected chi connectivity index (χ2v) is 10.5. The Kier molecular flexibility index (Phi) is 9.54. The van der Waals surface area contributed by atoms with Crippen molar-refractivity contribution < 1.29 is 19.8 Å². The fraction of sp³-hybridized carbons (Fsp3) is 0.128. The van der Waals surface area contributed by atoms with Crippen LogP contribution < -0.4 is 4.90 Å². The highest BCUT2D eigenvalue weighted by Gasteiger charge is 2.28. The highest BCUT2D eigenvalue weighted by atomic mass is 16.4. The molecule has 0 saturated heterocycles. The minimum atomic E-state index is -1.30. The lowest BCUT2D eigenvalue weighted by atomic mass is 10.00. The van der Waals surface area contributed by atoms with Crippen molar-refractivity contribution in [2.45, 2.75) is 32.2 Å². The Balaban J connectivity index is 1.60. The first-order valence-corrected chi connectivity index (χ1v) is 14.7. The van der Waals surface area contributed by atoms with Crippen LogP contribution in [0.4, 0.5) is 5.69 Å². The number of amides is 1. The van der Waals surface area contributed by atoms with Gasteiger partial charge in [-0.05, 0) is 77.6 Å². The van der Waals surface area contributed by atoms with Gasteiger partial charge in [0.2, 0.25) is 0 Å². The van der Waals surface area contributed by atoms with E-state index in [1.165, 1.54) is 28.7 Å². The zero-order valence-electron chi connectivity index (χ0n) is 24.5. The van der Waals surface area contributed by atoms with E-state index in [9.17, 15) is 19.8 Å².